The van der Waals surface area contributed by atoms with Gasteiger partial charge < -0.3 is 15.3 Å². The summed E-state index contributed by atoms with van der Waals surface area (Å²) >= 11 is 3.30. The second-order valence-electron chi connectivity index (χ2n) is 5.37. The number of nitrogens with one attached hydrogen (secondary N) is 1. The molecule has 0 spiro atoms. The van der Waals surface area contributed by atoms with Gasteiger partial charge in [0.2, 0.25) is 0 Å². The summed E-state index contributed by atoms with van der Waals surface area (Å²) in [6.45, 7) is 2.93. The van der Waals surface area contributed by atoms with Crippen molar-refractivity contribution < 1.29 is 10.0 Å². The highest BCUT2D eigenvalue weighted by Gasteiger charge is 2.21. The maximum atomic E-state index is 10.9. The molecule has 1 unspecified atom stereocenters. The van der Waals surface area contributed by atoms with Crippen molar-refractivity contribution in [2.24, 2.45) is 0 Å². The minimum atomic E-state index is -0.885. The molecule has 0 saturated heterocycles. The van der Waals surface area contributed by atoms with E-state index in [1.54, 1.807) is 19.1 Å². The third-order valence-electron chi connectivity index (χ3n) is 2.72. The van der Waals surface area contributed by atoms with Crippen molar-refractivity contribution in [2.75, 3.05) is 27.2 Å². The van der Waals surface area contributed by atoms with Gasteiger partial charge in [-0.2, -0.15) is 0 Å². The first-order valence-corrected chi connectivity index (χ1v) is 7.01. The van der Waals surface area contributed by atoms with Gasteiger partial charge in [-0.1, -0.05) is 15.9 Å². The van der Waals surface area contributed by atoms with Crippen LogP contribution in [0.3, 0.4) is 0 Å². The zero-order valence-corrected chi connectivity index (χ0v) is 13.5. The number of nitrogens with zero attached hydrogens (tertiary/aromatic N) is 2. The number of benzene rings is 1. The van der Waals surface area contributed by atoms with Crippen molar-refractivity contribution in [1.82, 2.24) is 10.2 Å². The highest BCUT2D eigenvalue weighted by Crippen LogP contribution is 2.22. The Morgan fingerprint density at radius 3 is 2.70 bits per heavy atom. The molecule has 0 aliphatic rings. The third-order valence-corrected chi connectivity index (χ3v) is 3.21. The normalized spacial score (nSPS) is 14.3. The van der Waals surface area contributed by atoms with E-state index in [1.807, 2.05) is 19.0 Å². The quantitative estimate of drug-likeness (QED) is 0.581. The van der Waals surface area contributed by atoms with Crippen LogP contribution >= 0.6 is 15.9 Å². The van der Waals surface area contributed by atoms with Gasteiger partial charge in [-0.25, -0.2) is 0 Å². The topological polar surface area (TPSA) is 78.6 Å². The molecule has 2 N–H and O–H groups in total. The Kier molecular flexibility index (Phi) is 6.07. The van der Waals surface area contributed by atoms with Crippen molar-refractivity contribution in [1.29, 1.82) is 0 Å². The highest BCUT2D eigenvalue weighted by molar-refractivity contribution is 9.10. The maximum absolute atomic E-state index is 10.9. The smallest absolute Gasteiger partial charge is 0.273 e. The molecule has 1 aromatic rings. The molecule has 112 valence electrons. The predicted octanol–water partition coefficient (Wildman–Crippen LogP) is 1.76. The van der Waals surface area contributed by atoms with Crippen molar-refractivity contribution >= 4 is 21.6 Å². The lowest BCUT2D eigenvalue weighted by Crippen LogP contribution is -2.45. The first-order chi connectivity index (χ1) is 9.21. The summed E-state index contributed by atoms with van der Waals surface area (Å²) in [5, 5.41) is 24.2. The fourth-order valence-corrected chi connectivity index (χ4v) is 2.49. The zero-order valence-electron chi connectivity index (χ0n) is 11.9. The number of hydrogen-bond acceptors (Lipinski definition) is 5. The Morgan fingerprint density at radius 1 is 1.50 bits per heavy atom. The van der Waals surface area contributed by atoms with E-state index in [1.165, 1.54) is 6.07 Å². The van der Waals surface area contributed by atoms with Crippen LogP contribution in [0.4, 0.5) is 5.69 Å². The molecule has 0 heterocycles. The summed E-state index contributed by atoms with van der Waals surface area (Å²) in [7, 11) is 3.77. The molecule has 1 rings (SSSR count). The zero-order chi connectivity index (χ0) is 15.3. The minimum Gasteiger partial charge on any atom is -0.388 e. The van der Waals surface area contributed by atoms with Crippen LogP contribution in [0, 0.1) is 10.1 Å². The molecule has 0 aliphatic heterocycles. The number of nitro benzene ring substituents is 1. The average molecular weight is 346 g/mol. The second-order valence-corrected chi connectivity index (χ2v) is 6.28. The summed E-state index contributed by atoms with van der Waals surface area (Å²) in [6, 6.07) is 4.83. The van der Waals surface area contributed by atoms with Crippen LogP contribution in [-0.2, 0) is 6.54 Å². The molecular weight excluding hydrogens is 326 g/mol. The number of hydrogen-bond donors (Lipinski definition) is 2. The van der Waals surface area contributed by atoms with Gasteiger partial charge in [0.05, 0.1) is 10.5 Å². The fourth-order valence-electron chi connectivity index (χ4n) is 2.08. The summed E-state index contributed by atoms with van der Waals surface area (Å²) in [6.07, 6.45) is 0. The Labute approximate surface area is 127 Å². The molecule has 6 nitrogen and oxygen atoms in total. The van der Waals surface area contributed by atoms with Gasteiger partial charge in [-0.3, -0.25) is 10.1 Å². The Morgan fingerprint density at radius 2 is 2.15 bits per heavy atom. The van der Waals surface area contributed by atoms with Gasteiger partial charge in [0.15, 0.2) is 0 Å². The largest absolute Gasteiger partial charge is 0.388 e. The van der Waals surface area contributed by atoms with Crippen molar-refractivity contribution in [3.05, 3.63) is 38.3 Å². The van der Waals surface area contributed by atoms with Crippen LogP contribution in [-0.4, -0.2) is 47.7 Å². The molecule has 1 atom stereocenters. The maximum Gasteiger partial charge on any atom is 0.273 e. The van der Waals surface area contributed by atoms with Crippen molar-refractivity contribution in [2.45, 2.75) is 19.1 Å². The highest BCUT2D eigenvalue weighted by atomic mass is 79.9. The van der Waals surface area contributed by atoms with Crippen LogP contribution in [0.15, 0.2) is 22.7 Å². The number of likely N-dealkylation sites (N-methyl/N-ethyl adjacent to an activating group) is 1. The van der Waals surface area contributed by atoms with Gasteiger partial charge in [-0.05, 0) is 33.2 Å². The molecule has 0 aliphatic carbocycles. The van der Waals surface area contributed by atoms with Crippen LogP contribution in [0.5, 0.6) is 0 Å². The van der Waals surface area contributed by atoms with Gasteiger partial charge in [-0.15, -0.1) is 0 Å². The molecule has 0 radical (unpaired) electrons. The van der Waals surface area contributed by atoms with E-state index in [4.69, 9.17) is 0 Å². The SMILES string of the molecule is CN(C)CC(C)(O)CNCc1cc(Br)ccc1[N+](=O)[O-]. The lowest BCUT2D eigenvalue weighted by atomic mass is 10.1. The van der Waals surface area contributed by atoms with Crippen LogP contribution < -0.4 is 5.32 Å². The van der Waals surface area contributed by atoms with Gasteiger partial charge in [0.25, 0.3) is 5.69 Å². The molecule has 1 aromatic carbocycles. The Balaban J connectivity index is 2.66. The van der Waals surface area contributed by atoms with Crippen molar-refractivity contribution in [3.63, 3.8) is 0 Å². The third kappa shape index (κ3) is 5.54. The van der Waals surface area contributed by atoms with E-state index in [-0.39, 0.29) is 5.69 Å². The van der Waals surface area contributed by atoms with Gasteiger partial charge in [0.1, 0.15) is 0 Å². The van der Waals surface area contributed by atoms with Crippen LogP contribution in [0.2, 0.25) is 0 Å². The van der Waals surface area contributed by atoms with E-state index in [0.29, 0.717) is 25.2 Å². The van der Waals surface area contributed by atoms with E-state index >= 15 is 0 Å². The molecule has 20 heavy (non-hydrogen) atoms. The second kappa shape index (κ2) is 7.12. The molecule has 0 amide bonds. The molecular formula is C13H20BrN3O3. The number of rotatable bonds is 7. The van der Waals surface area contributed by atoms with E-state index in [9.17, 15) is 15.2 Å². The molecule has 0 fully saturated rings. The summed E-state index contributed by atoms with van der Waals surface area (Å²) in [4.78, 5) is 12.4. The van der Waals surface area contributed by atoms with E-state index < -0.39 is 10.5 Å². The lowest BCUT2D eigenvalue weighted by molar-refractivity contribution is -0.385. The molecule has 7 heteroatoms. The van der Waals surface area contributed by atoms with Crippen molar-refractivity contribution in [3.8, 4) is 0 Å². The lowest BCUT2D eigenvalue weighted by Gasteiger charge is -2.27. The molecule has 0 saturated carbocycles. The van der Waals surface area contributed by atoms with Crippen LogP contribution in [0.25, 0.3) is 0 Å². The summed E-state index contributed by atoms with van der Waals surface area (Å²) < 4.78 is 0.792. The predicted molar refractivity (Wildman–Crippen MR) is 81.7 cm³/mol. The van der Waals surface area contributed by atoms with E-state index in [2.05, 4.69) is 21.2 Å². The van der Waals surface area contributed by atoms with E-state index in [0.717, 1.165) is 4.47 Å². The first kappa shape index (κ1) is 17.0. The standard InChI is InChI=1S/C13H20BrN3O3/c1-13(18,9-16(2)3)8-15-7-10-6-11(14)4-5-12(10)17(19)20/h4-6,15,18H,7-9H2,1-3H3. The monoisotopic (exact) mass is 345 g/mol. The minimum absolute atomic E-state index is 0.0768. The van der Waals surface area contributed by atoms with Gasteiger partial charge in [0, 0.05) is 35.7 Å². The molecule has 0 bridgehead atoms. The Bertz CT molecular complexity index is 478. The summed E-state index contributed by atoms with van der Waals surface area (Å²) in [5.41, 5.74) is -0.220. The summed E-state index contributed by atoms with van der Waals surface area (Å²) in [5.74, 6) is 0. The number of nitro groups is 1. The number of halogens is 1. The first-order valence-electron chi connectivity index (χ1n) is 6.22. The fraction of sp³-hybridized carbons (Fsp3) is 0.538. The van der Waals surface area contributed by atoms with Crippen LogP contribution in [0.1, 0.15) is 12.5 Å². The van der Waals surface area contributed by atoms with Gasteiger partial charge >= 0.3 is 0 Å². The number of aliphatic hydroxyl groups is 1. The molecule has 0 aromatic heterocycles. The Hall–Kier alpha value is -1.02. The average Bonchev–Trinajstić information content (AvgIpc) is 2.26.